The molecule has 0 bridgehead atoms. The van der Waals surface area contributed by atoms with E-state index in [0.29, 0.717) is 0 Å². The maximum absolute atomic E-state index is 12.6. The molecule has 118 valence electrons. The SMILES string of the molecule is CCCCC(C)(Nc1ccccc1)C(C)(C)C(=O)SCC. The van der Waals surface area contributed by atoms with Gasteiger partial charge in [-0.05, 0) is 45.1 Å². The molecular weight excluding hydrogens is 278 g/mol. The molecule has 0 spiro atoms. The van der Waals surface area contributed by atoms with E-state index in [9.17, 15) is 4.79 Å². The molecule has 1 rings (SSSR count). The monoisotopic (exact) mass is 307 g/mol. The Balaban J connectivity index is 3.04. The number of para-hydroxylation sites is 1. The summed E-state index contributed by atoms with van der Waals surface area (Å²) in [7, 11) is 0. The van der Waals surface area contributed by atoms with Gasteiger partial charge < -0.3 is 5.32 Å². The zero-order valence-electron chi connectivity index (χ0n) is 14.0. The van der Waals surface area contributed by atoms with E-state index in [-0.39, 0.29) is 10.7 Å². The highest BCUT2D eigenvalue weighted by molar-refractivity contribution is 8.13. The van der Waals surface area contributed by atoms with Crippen molar-refractivity contribution in [2.75, 3.05) is 11.1 Å². The molecule has 0 aliphatic rings. The standard InChI is InChI=1S/C18H29NOS/c1-6-8-14-18(5,17(3,4)16(20)21-7-2)19-15-12-10-9-11-13-15/h9-13,19H,6-8,14H2,1-5H3. The summed E-state index contributed by atoms with van der Waals surface area (Å²) in [5.74, 6) is 0.831. The van der Waals surface area contributed by atoms with Crippen LogP contribution in [0.25, 0.3) is 0 Å². The molecule has 0 saturated carbocycles. The number of carbonyl (C=O) groups excluding carboxylic acids is 1. The largest absolute Gasteiger partial charge is 0.379 e. The Hall–Kier alpha value is -0.960. The molecule has 1 unspecified atom stereocenters. The average Bonchev–Trinajstić information content (AvgIpc) is 2.46. The van der Waals surface area contributed by atoms with Gasteiger partial charge in [-0.1, -0.05) is 56.7 Å². The summed E-state index contributed by atoms with van der Waals surface area (Å²) in [5, 5.41) is 3.91. The molecular formula is C18H29NOS. The molecule has 1 aromatic carbocycles. The van der Waals surface area contributed by atoms with Crippen molar-refractivity contribution in [1.82, 2.24) is 0 Å². The third kappa shape index (κ3) is 4.50. The molecule has 0 aromatic heterocycles. The Morgan fingerprint density at radius 1 is 1.14 bits per heavy atom. The fraction of sp³-hybridized carbons (Fsp3) is 0.611. The van der Waals surface area contributed by atoms with Gasteiger partial charge in [-0.2, -0.15) is 0 Å². The fourth-order valence-corrected chi connectivity index (χ4v) is 3.29. The van der Waals surface area contributed by atoms with Crippen molar-refractivity contribution in [3.63, 3.8) is 0 Å². The lowest BCUT2D eigenvalue weighted by Crippen LogP contribution is -2.52. The van der Waals surface area contributed by atoms with Gasteiger partial charge in [-0.15, -0.1) is 0 Å². The van der Waals surface area contributed by atoms with E-state index < -0.39 is 5.41 Å². The Kier molecular flexibility index (Phi) is 6.79. The molecule has 0 heterocycles. The molecule has 0 amide bonds. The molecule has 1 aromatic rings. The van der Waals surface area contributed by atoms with Gasteiger partial charge in [0.1, 0.15) is 0 Å². The van der Waals surface area contributed by atoms with Crippen molar-refractivity contribution >= 4 is 22.6 Å². The second kappa shape index (κ2) is 7.88. The van der Waals surface area contributed by atoms with Crippen molar-refractivity contribution in [3.05, 3.63) is 30.3 Å². The molecule has 0 radical (unpaired) electrons. The number of carbonyl (C=O) groups is 1. The zero-order chi connectivity index (χ0) is 15.9. The van der Waals surface area contributed by atoms with Crippen molar-refractivity contribution < 1.29 is 4.79 Å². The van der Waals surface area contributed by atoms with Crippen LogP contribution >= 0.6 is 11.8 Å². The number of hydrogen-bond acceptors (Lipinski definition) is 3. The van der Waals surface area contributed by atoms with Crippen molar-refractivity contribution in [2.24, 2.45) is 5.41 Å². The lowest BCUT2D eigenvalue weighted by atomic mass is 9.71. The number of nitrogens with one attached hydrogen (secondary N) is 1. The van der Waals surface area contributed by atoms with E-state index in [1.807, 2.05) is 25.1 Å². The number of hydrogen-bond donors (Lipinski definition) is 1. The number of rotatable bonds is 8. The van der Waals surface area contributed by atoms with Gasteiger partial charge >= 0.3 is 0 Å². The van der Waals surface area contributed by atoms with E-state index in [1.54, 1.807) is 0 Å². The van der Waals surface area contributed by atoms with Gasteiger partial charge in [0.15, 0.2) is 5.12 Å². The molecule has 21 heavy (non-hydrogen) atoms. The second-order valence-corrected chi connectivity index (χ2v) is 7.51. The Bertz CT molecular complexity index is 444. The summed E-state index contributed by atoms with van der Waals surface area (Å²) in [4.78, 5) is 12.6. The van der Waals surface area contributed by atoms with Gasteiger partial charge in [0.2, 0.25) is 0 Å². The maximum atomic E-state index is 12.6. The highest BCUT2D eigenvalue weighted by Crippen LogP contribution is 2.41. The maximum Gasteiger partial charge on any atom is 0.196 e. The second-order valence-electron chi connectivity index (χ2n) is 6.27. The molecule has 0 saturated heterocycles. The first-order valence-corrected chi connectivity index (χ1v) is 8.86. The minimum atomic E-state index is -0.418. The minimum Gasteiger partial charge on any atom is -0.379 e. The van der Waals surface area contributed by atoms with E-state index in [0.717, 1.165) is 30.7 Å². The fourth-order valence-electron chi connectivity index (χ4n) is 2.44. The van der Waals surface area contributed by atoms with Gasteiger partial charge in [0.05, 0.1) is 5.41 Å². The van der Waals surface area contributed by atoms with Crippen LogP contribution in [0, 0.1) is 5.41 Å². The Morgan fingerprint density at radius 3 is 2.29 bits per heavy atom. The first-order valence-electron chi connectivity index (χ1n) is 7.88. The summed E-state index contributed by atoms with van der Waals surface area (Å²) >= 11 is 1.43. The van der Waals surface area contributed by atoms with E-state index in [2.05, 4.69) is 45.1 Å². The molecule has 1 N–H and O–H groups in total. The first-order chi connectivity index (χ1) is 9.87. The predicted octanol–water partition coefficient (Wildman–Crippen LogP) is 5.35. The van der Waals surface area contributed by atoms with Gasteiger partial charge in [0, 0.05) is 11.2 Å². The number of unbranched alkanes of at least 4 members (excludes halogenated alkanes) is 1. The summed E-state index contributed by atoms with van der Waals surface area (Å²) < 4.78 is 0. The van der Waals surface area contributed by atoms with Gasteiger partial charge in [-0.3, -0.25) is 4.79 Å². The number of benzene rings is 1. The van der Waals surface area contributed by atoms with E-state index in [4.69, 9.17) is 0 Å². The van der Waals surface area contributed by atoms with Crippen LogP contribution in [0.3, 0.4) is 0 Å². The van der Waals surface area contributed by atoms with Crippen molar-refractivity contribution in [2.45, 2.75) is 59.4 Å². The normalized spacial score (nSPS) is 14.5. The van der Waals surface area contributed by atoms with Crippen LogP contribution in [0.15, 0.2) is 30.3 Å². The highest BCUT2D eigenvalue weighted by Gasteiger charge is 2.45. The molecule has 0 aliphatic heterocycles. The van der Waals surface area contributed by atoms with E-state index >= 15 is 0 Å². The molecule has 2 nitrogen and oxygen atoms in total. The van der Waals surface area contributed by atoms with Crippen LogP contribution in [0.2, 0.25) is 0 Å². The third-order valence-electron chi connectivity index (χ3n) is 4.39. The van der Waals surface area contributed by atoms with Crippen LogP contribution in [0.4, 0.5) is 5.69 Å². The van der Waals surface area contributed by atoms with E-state index in [1.165, 1.54) is 11.8 Å². The average molecular weight is 308 g/mol. The zero-order valence-corrected chi connectivity index (χ0v) is 14.8. The summed E-state index contributed by atoms with van der Waals surface area (Å²) in [6.45, 7) is 10.6. The Labute approximate surface area is 134 Å². The smallest absolute Gasteiger partial charge is 0.196 e. The van der Waals surface area contributed by atoms with Gasteiger partial charge in [0.25, 0.3) is 0 Å². The Morgan fingerprint density at radius 2 is 1.76 bits per heavy atom. The molecule has 3 heteroatoms. The predicted molar refractivity (Wildman–Crippen MR) is 94.9 cm³/mol. The topological polar surface area (TPSA) is 29.1 Å². The lowest BCUT2D eigenvalue weighted by molar-refractivity contribution is -0.120. The first kappa shape index (κ1) is 18.1. The van der Waals surface area contributed by atoms with Crippen LogP contribution < -0.4 is 5.32 Å². The molecule has 1 atom stereocenters. The number of anilines is 1. The van der Waals surface area contributed by atoms with Crippen molar-refractivity contribution in [1.29, 1.82) is 0 Å². The van der Waals surface area contributed by atoms with Crippen LogP contribution in [-0.2, 0) is 4.79 Å². The summed E-state index contributed by atoms with van der Waals surface area (Å²) in [6.07, 6.45) is 3.24. The van der Waals surface area contributed by atoms with Crippen LogP contribution in [0.1, 0.15) is 53.9 Å². The summed E-state index contributed by atoms with van der Waals surface area (Å²) in [5.41, 5.74) is 0.418. The third-order valence-corrected chi connectivity index (χ3v) is 5.45. The molecule has 0 aliphatic carbocycles. The quantitative estimate of drug-likeness (QED) is 0.701. The highest BCUT2D eigenvalue weighted by atomic mass is 32.2. The minimum absolute atomic E-state index is 0.246. The summed E-state index contributed by atoms with van der Waals surface area (Å²) in [6, 6.07) is 10.2. The van der Waals surface area contributed by atoms with Gasteiger partial charge in [-0.25, -0.2) is 0 Å². The lowest BCUT2D eigenvalue weighted by Gasteiger charge is -2.44. The van der Waals surface area contributed by atoms with Crippen molar-refractivity contribution in [3.8, 4) is 0 Å². The number of thioether (sulfide) groups is 1. The van der Waals surface area contributed by atoms with Crippen LogP contribution in [0.5, 0.6) is 0 Å². The van der Waals surface area contributed by atoms with Crippen LogP contribution in [-0.4, -0.2) is 16.4 Å². The molecule has 0 fully saturated rings.